The molecule has 1 unspecified atom stereocenters. The van der Waals surface area contributed by atoms with Gasteiger partial charge in [0, 0.05) is 30.2 Å². The molecule has 2 fully saturated rings. The molecule has 30 heavy (non-hydrogen) atoms. The predicted molar refractivity (Wildman–Crippen MR) is 108 cm³/mol. The third kappa shape index (κ3) is 6.32. The summed E-state index contributed by atoms with van der Waals surface area (Å²) in [5.41, 5.74) is 1.21. The van der Waals surface area contributed by atoms with E-state index in [2.05, 4.69) is 11.0 Å². The Balaban J connectivity index is 0.000000396. The Labute approximate surface area is 179 Å². The molecule has 11 heteroatoms. The number of hydrogen-bond donors (Lipinski definition) is 1. The van der Waals surface area contributed by atoms with Crippen LogP contribution in [0.1, 0.15) is 38.2 Å². The van der Waals surface area contributed by atoms with Crippen LogP contribution in [-0.4, -0.2) is 65.8 Å². The molecule has 2 saturated heterocycles. The van der Waals surface area contributed by atoms with E-state index in [1.165, 1.54) is 5.56 Å². The third-order valence-electron chi connectivity index (χ3n) is 5.52. The summed E-state index contributed by atoms with van der Waals surface area (Å²) in [6.07, 6.45) is -0.821. The van der Waals surface area contributed by atoms with Gasteiger partial charge in [0.1, 0.15) is 0 Å². The maximum atomic E-state index is 12.3. The van der Waals surface area contributed by atoms with Crippen molar-refractivity contribution in [2.75, 3.05) is 25.4 Å². The molecule has 1 aromatic carbocycles. The van der Waals surface area contributed by atoms with Crippen molar-refractivity contribution in [1.82, 2.24) is 9.21 Å². The minimum absolute atomic E-state index is 0.00279. The van der Waals surface area contributed by atoms with Gasteiger partial charge in [0.2, 0.25) is 10.0 Å². The maximum absolute atomic E-state index is 12.3. The lowest BCUT2D eigenvalue weighted by Gasteiger charge is -2.45. The molecular weight excluding hydrogens is 445 g/mol. The van der Waals surface area contributed by atoms with Gasteiger partial charge in [0.05, 0.1) is 5.75 Å². The summed E-state index contributed by atoms with van der Waals surface area (Å²) in [5.74, 6) is -2.57. The van der Waals surface area contributed by atoms with Crippen LogP contribution in [-0.2, 0) is 21.4 Å². The number of likely N-dealkylation sites (tertiary alicyclic amines) is 1. The average Bonchev–Trinajstić information content (AvgIpc) is 3.03. The lowest BCUT2D eigenvalue weighted by atomic mass is 9.87. The summed E-state index contributed by atoms with van der Waals surface area (Å²) in [5, 5.41) is 7.88. The molecule has 170 valence electrons. The van der Waals surface area contributed by atoms with Crippen molar-refractivity contribution in [2.45, 2.75) is 50.9 Å². The smallest absolute Gasteiger partial charge is 0.475 e. The number of benzene rings is 1. The molecule has 2 aliphatic rings. The minimum Gasteiger partial charge on any atom is -0.475 e. The van der Waals surface area contributed by atoms with E-state index in [0.717, 1.165) is 43.8 Å². The van der Waals surface area contributed by atoms with Crippen molar-refractivity contribution in [2.24, 2.45) is 0 Å². The fourth-order valence-corrected chi connectivity index (χ4v) is 5.47. The summed E-state index contributed by atoms with van der Waals surface area (Å²) in [6.45, 7) is 4.93. The molecule has 0 saturated carbocycles. The zero-order chi connectivity index (χ0) is 22.6. The number of nitrogens with zero attached hydrogens (tertiary/aromatic N) is 2. The number of aliphatic carboxylic acids is 1. The van der Waals surface area contributed by atoms with Crippen molar-refractivity contribution in [1.29, 1.82) is 0 Å². The molecule has 1 aromatic rings. The Bertz CT molecular complexity index is 850. The molecule has 1 atom stereocenters. The number of hydrogen-bond acceptors (Lipinski definition) is 4. The molecule has 1 spiro atoms. The second-order valence-corrected chi connectivity index (χ2v) is 10.2. The molecule has 0 amide bonds. The fourth-order valence-electron chi connectivity index (χ4n) is 4.05. The van der Waals surface area contributed by atoms with Gasteiger partial charge in [-0.3, -0.25) is 4.90 Å². The Morgan fingerprint density at radius 1 is 1.23 bits per heavy atom. The highest BCUT2D eigenvalue weighted by atomic mass is 35.5. The number of carboxylic acid groups (broad SMARTS) is 1. The number of carboxylic acids is 1. The largest absolute Gasteiger partial charge is 0.490 e. The summed E-state index contributed by atoms with van der Waals surface area (Å²) < 4.78 is 58.0. The van der Waals surface area contributed by atoms with Gasteiger partial charge in [0.25, 0.3) is 0 Å². The van der Waals surface area contributed by atoms with Crippen LogP contribution in [0.15, 0.2) is 24.3 Å². The van der Waals surface area contributed by atoms with E-state index >= 15 is 0 Å². The zero-order valence-corrected chi connectivity index (χ0v) is 18.2. The SMILES string of the molecule is CCS(=O)(=O)N1CCCC2(CCCN2Cc2cccc(Cl)c2)C1.O=C(O)C(F)(F)F. The lowest BCUT2D eigenvalue weighted by molar-refractivity contribution is -0.192. The Kier molecular flexibility index (Phi) is 8.17. The minimum atomic E-state index is -5.08. The van der Waals surface area contributed by atoms with Crippen molar-refractivity contribution in [3.8, 4) is 0 Å². The zero-order valence-electron chi connectivity index (χ0n) is 16.7. The quantitative estimate of drug-likeness (QED) is 0.725. The summed E-state index contributed by atoms with van der Waals surface area (Å²) in [7, 11) is -3.10. The first-order chi connectivity index (χ1) is 13.9. The first-order valence-electron chi connectivity index (χ1n) is 9.67. The van der Waals surface area contributed by atoms with E-state index in [0.29, 0.717) is 13.1 Å². The monoisotopic (exact) mass is 470 g/mol. The molecule has 1 N–H and O–H groups in total. The molecule has 3 rings (SSSR count). The van der Waals surface area contributed by atoms with Crippen LogP contribution in [0.5, 0.6) is 0 Å². The van der Waals surface area contributed by atoms with Crippen molar-refractivity contribution in [3.63, 3.8) is 0 Å². The highest BCUT2D eigenvalue weighted by Crippen LogP contribution is 2.39. The Morgan fingerprint density at radius 3 is 2.37 bits per heavy atom. The number of piperidine rings is 1. The molecule has 0 aliphatic carbocycles. The van der Waals surface area contributed by atoms with Crippen molar-refractivity contribution >= 4 is 27.6 Å². The Morgan fingerprint density at radius 2 is 1.83 bits per heavy atom. The van der Waals surface area contributed by atoms with Crippen LogP contribution in [0.3, 0.4) is 0 Å². The van der Waals surface area contributed by atoms with Crippen molar-refractivity contribution in [3.05, 3.63) is 34.9 Å². The van der Waals surface area contributed by atoms with E-state index in [4.69, 9.17) is 21.5 Å². The van der Waals surface area contributed by atoms with E-state index in [9.17, 15) is 21.6 Å². The maximum Gasteiger partial charge on any atom is 0.490 e. The normalized spacial score (nSPS) is 23.2. The summed E-state index contributed by atoms with van der Waals surface area (Å²) >= 11 is 6.10. The van der Waals surface area contributed by atoms with Gasteiger partial charge in [-0.15, -0.1) is 0 Å². The van der Waals surface area contributed by atoms with Gasteiger partial charge in [-0.2, -0.15) is 13.2 Å². The van der Waals surface area contributed by atoms with Crippen LogP contribution < -0.4 is 0 Å². The van der Waals surface area contributed by atoms with Gasteiger partial charge in [-0.1, -0.05) is 23.7 Å². The average molecular weight is 471 g/mol. The van der Waals surface area contributed by atoms with Crippen LogP contribution in [0.4, 0.5) is 13.2 Å². The van der Waals surface area contributed by atoms with Gasteiger partial charge in [0.15, 0.2) is 0 Å². The van der Waals surface area contributed by atoms with Crippen LogP contribution >= 0.6 is 11.6 Å². The van der Waals surface area contributed by atoms with Gasteiger partial charge in [-0.25, -0.2) is 17.5 Å². The molecule has 6 nitrogen and oxygen atoms in total. The number of alkyl halides is 3. The summed E-state index contributed by atoms with van der Waals surface area (Å²) in [6, 6.07) is 7.98. The molecule has 0 bridgehead atoms. The number of halogens is 4. The van der Waals surface area contributed by atoms with E-state index < -0.39 is 22.2 Å². The first-order valence-corrected chi connectivity index (χ1v) is 11.7. The van der Waals surface area contributed by atoms with Crippen LogP contribution in [0.25, 0.3) is 0 Å². The standard InChI is InChI=1S/C17H25ClN2O2S.C2HF3O2/c1-2-23(21,22)20-11-5-9-17(14-20)8-4-10-19(17)13-15-6-3-7-16(18)12-15;3-2(4,5)1(6)7/h3,6-7,12H,2,4-5,8-11,13-14H2,1H3;(H,6,7). The topological polar surface area (TPSA) is 77.9 Å². The second kappa shape index (κ2) is 9.84. The highest BCUT2D eigenvalue weighted by molar-refractivity contribution is 7.89. The molecule has 2 aliphatic heterocycles. The van der Waals surface area contributed by atoms with Gasteiger partial charge >= 0.3 is 12.1 Å². The van der Waals surface area contributed by atoms with E-state index in [-0.39, 0.29) is 11.3 Å². The lowest BCUT2D eigenvalue weighted by Crippen LogP contribution is -2.56. The van der Waals surface area contributed by atoms with Crippen LogP contribution in [0.2, 0.25) is 5.02 Å². The Hall–Kier alpha value is -1.36. The molecular formula is C19H26ClF3N2O4S. The number of carbonyl (C=O) groups is 1. The van der Waals surface area contributed by atoms with E-state index in [1.54, 1.807) is 11.2 Å². The summed E-state index contributed by atoms with van der Waals surface area (Å²) in [4.78, 5) is 11.4. The van der Waals surface area contributed by atoms with Gasteiger partial charge in [-0.05, 0) is 56.8 Å². The van der Waals surface area contributed by atoms with Crippen LogP contribution in [0, 0.1) is 0 Å². The fraction of sp³-hybridized carbons (Fsp3) is 0.632. The van der Waals surface area contributed by atoms with Crippen molar-refractivity contribution < 1.29 is 31.5 Å². The van der Waals surface area contributed by atoms with Gasteiger partial charge < -0.3 is 5.11 Å². The molecule has 0 radical (unpaired) electrons. The number of sulfonamides is 1. The first kappa shape index (κ1) is 24.9. The second-order valence-electron chi connectivity index (χ2n) is 7.52. The predicted octanol–water partition coefficient (Wildman–Crippen LogP) is 3.75. The van der Waals surface area contributed by atoms with E-state index in [1.807, 2.05) is 18.2 Å². The third-order valence-corrected chi connectivity index (χ3v) is 7.59. The molecule has 2 heterocycles. The highest BCUT2D eigenvalue weighted by Gasteiger charge is 2.45. The number of rotatable bonds is 4. The molecule has 0 aromatic heterocycles.